The fourth-order valence-corrected chi connectivity index (χ4v) is 3.35. The molecule has 4 unspecified atom stereocenters. The number of hydrogen-bond acceptors (Lipinski definition) is 4. The Kier molecular flexibility index (Phi) is 7.81. The average molecular weight is 328 g/mol. The van der Waals surface area contributed by atoms with Crippen molar-refractivity contribution in [1.82, 2.24) is 10.2 Å². The van der Waals surface area contributed by atoms with E-state index in [0.29, 0.717) is 6.04 Å². The molecule has 5 nitrogen and oxygen atoms in total. The molecule has 0 aromatic rings. The molecule has 1 rings (SSSR count). The second-order valence-electron chi connectivity index (χ2n) is 8.11. The van der Waals surface area contributed by atoms with Crippen molar-refractivity contribution in [2.75, 3.05) is 6.54 Å². The van der Waals surface area contributed by atoms with E-state index in [9.17, 15) is 9.90 Å². The van der Waals surface area contributed by atoms with Crippen LogP contribution in [-0.2, 0) is 4.74 Å². The molecule has 0 aromatic heterocycles. The Morgan fingerprint density at radius 1 is 1.26 bits per heavy atom. The van der Waals surface area contributed by atoms with Gasteiger partial charge in [0.15, 0.2) is 0 Å². The van der Waals surface area contributed by atoms with Crippen LogP contribution in [0.5, 0.6) is 0 Å². The van der Waals surface area contributed by atoms with Crippen LogP contribution < -0.4 is 5.32 Å². The molecule has 1 fully saturated rings. The molecule has 0 spiro atoms. The van der Waals surface area contributed by atoms with Crippen molar-refractivity contribution in [3.8, 4) is 0 Å². The number of aliphatic hydroxyl groups is 1. The summed E-state index contributed by atoms with van der Waals surface area (Å²) in [4.78, 5) is 14.3. The molecule has 5 heteroatoms. The molecule has 4 atom stereocenters. The summed E-state index contributed by atoms with van der Waals surface area (Å²) in [6.45, 7) is 12.6. The van der Waals surface area contributed by atoms with E-state index in [1.807, 2.05) is 32.6 Å². The Balaban J connectivity index is 2.55. The first-order valence-electron chi connectivity index (χ1n) is 9.02. The summed E-state index contributed by atoms with van der Waals surface area (Å²) in [6, 6.07) is 0.806. The van der Waals surface area contributed by atoms with Crippen LogP contribution in [-0.4, -0.2) is 52.5 Å². The van der Waals surface area contributed by atoms with E-state index >= 15 is 0 Å². The van der Waals surface area contributed by atoms with Crippen molar-refractivity contribution in [3.63, 3.8) is 0 Å². The molecular formula is C18H36N2O3. The number of amides is 1. The molecule has 1 amide bonds. The van der Waals surface area contributed by atoms with Crippen LogP contribution in [0.25, 0.3) is 0 Å². The molecule has 0 radical (unpaired) electrons. The number of nitrogens with one attached hydrogen (secondary N) is 1. The van der Waals surface area contributed by atoms with Gasteiger partial charge in [0.2, 0.25) is 0 Å². The zero-order chi connectivity index (χ0) is 17.6. The summed E-state index contributed by atoms with van der Waals surface area (Å²) in [7, 11) is 0. The van der Waals surface area contributed by atoms with Crippen molar-refractivity contribution in [1.29, 1.82) is 0 Å². The smallest absolute Gasteiger partial charge is 0.410 e. The normalized spacial score (nSPS) is 23.3. The molecule has 1 aliphatic heterocycles. The number of carbonyl (C=O) groups is 1. The minimum atomic E-state index is -0.450. The Morgan fingerprint density at radius 3 is 2.48 bits per heavy atom. The Morgan fingerprint density at radius 2 is 1.91 bits per heavy atom. The van der Waals surface area contributed by atoms with Gasteiger partial charge in [-0.3, -0.25) is 0 Å². The lowest BCUT2D eigenvalue weighted by Gasteiger charge is -2.38. The second kappa shape index (κ2) is 8.88. The van der Waals surface area contributed by atoms with Crippen LogP contribution >= 0.6 is 0 Å². The predicted octanol–water partition coefficient (Wildman–Crippen LogP) is 3.30. The summed E-state index contributed by atoms with van der Waals surface area (Å²) < 4.78 is 5.56. The maximum Gasteiger partial charge on any atom is 0.410 e. The lowest BCUT2D eigenvalue weighted by atomic mass is 9.96. The summed E-state index contributed by atoms with van der Waals surface area (Å²) in [5.41, 5.74) is -0.450. The van der Waals surface area contributed by atoms with Crippen LogP contribution in [0.15, 0.2) is 0 Å². The van der Waals surface area contributed by atoms with E-state index in [4.69, 9.17) is 4.74 Å². The lowest BCUT2D eigenvalue weighted by Crippen LogP contribution is -2.49. The number of nitrogens with zero attached hydrogens (tertiary/aromatic N) is 1. The number of aliphatic hydroxyl groups excluding tert-OH is 1. The van der Waals surface area contributed by atoms with Gasteiger partial charge in [0.1, 0.15) is 5.60 Å². The van der Waals surface area contributed by atoms with Gasteiger partial charge >= 0.3 is 6.09 Å². The number of hydrogen-bond donors (Lipinski definition) is 2. The lowest BCUT2D eigenvalue weighted by molar-refractivity contribution is 0.00777. The van der Waals surface area contributed by atoms with E-state index in [1.165, 1.54) is 6.42 Å². The van der Waals surface area contributed by atoms with Crippen molar-refractivity contribution in [2.24, 2.45) is 0 Å². The highest BCUT2D eigenvalue weighted by Crippen LogP contribution is 2.23. The minimum Gasteiger partial charge on any atom is -0.444 e. The zero-order valence-electron chi connectivity index (χ0n) is 15.8. The van der Waals surface area contributed by atoms with E-state index < -0.39 is 5.60 Å². The summed E-state index contributed by atoms with van der Waals surface area (Å²) >= 11 is 0. The van der Waals surface area contributed by atoms with Gasteiger partial charge in [0.05, 0.1) is 6.10 Å². The zero-order valence-corrected chi connectivity index (χ0v) is 15.8. The first-order chi connectivity index (χ1) is 10.6. The number of piperidine rings is 1. The molecule has 2 N–H and O–H groups in total. The van der Waals surface area contributed by atoms with E-state index in [-0.39, 0.29) is 24.3 Å². The number of ether oxygens (including phenoxy) is 1. The third-order valence-corrected chi connectivity index (χ3v) is 4.14. The average Bonchev–Trinajstić information content (AvgIpc) is 2.35. The first-order valence-corrected chi connectivity index (χ1v) is 9.02. The fraction of sp³-hybridized carbons (Fsp3) is 0.944. The molecule has 1 heterocycles. The molecule has 0 aromatic carbocycles. The van der Waals surface area contributed by atoms with Gasteiger partial charge in [-0.15, -0.1) is 0 Å². The standard InChI is InChI=1S/C18H36N2O3/c1-13(11-15(3)21)19-14(2)12-16-9-7-8-10-20(16)17(22)23-18(4,5)6/h13-16,19,21H,7-12H2,1-6H3. The SMILES string of the molecule is CC(O)CC(C)NC(C)CC1CCCCN1C(=O)OC(C)(C)C. The largest absolute Gasteiger partial charge is 0.444 e. The van der Waals surface area contributed by atoms with Crippen LogP contribution in [0, 0.1) is 0 Å². The highest BCUT2D eigenvalue weighted by atomic mass is 16.6. The molecule has 1 saturated heterocycles. The van der Waals surface area contributed by atoms with Gasteiger partial charge in [-0.1, -0.05) is 0 Å². The van der Waals surface area contributed by atoms with Crippen LogP contribution in [0.4, 0.5) is 4.79 Å². The topological polar surface area (TPSA) is 61.8 Å². The number of rotatable bonds is 6. The van der Waals surface area contributed by atoms with Crippen molar-refractivity contribution in [3.05, 3.63) is 0 Å². The van der Waals surface area contributed by atoms with Gasteiger partial charge in [0, 0.05) is 24.7 Å². The monoisotopic (exact) mass is 328 g/mol. The molecular weight excluding hydrogens is 292 g/mol. The summed E-state index contributed by atoms with van der Waals surface area (Å²) in [6.07, 6.45) is 4.43. The molecule has 0 bridgehead atoms. The summed E-state index contributed by atoms with van der Waals surface area (Å²) in [5.74, 6) is 0. The van der Waals surface area contributed by atoms with Crippen LogP contribution in [0.1, 0.15) is 73.6 Å². The maximum absolute atomic E-state index is 12.4. The quantitative estimate of drug-likeness (QED) is 0.785. The fourth-order valence-electron chi connectivity index (χ4n) is 3.35. The van der Waals surface area contributed by atoms with E-state index in [1.54, 1.807) is 0 Å². The first kappa shape index (κ1) is 20.2. The van der Waals surface area contributed by atoms with E-state index in [0.717, 1.165) is 32.2 Å². The van der Waals surface area contributed by atoms with Gasteiger partial charge in [-0.2, -0.15) is 0 Å². The van der Waals surface area contributed by atoms with Gasteiger partial charge in [-0.05, 0) is 73.6 Å². The maximum atomic E-state index is 12.4. The van der Waals surface area contributed by atoms with Crippen LogP contribution in [0.2, 0.25) is 0 Å². The van der Waals surface area contributed by atoms with Crippen LogP contribution in [0.3, 0.4) is 0 Å². The Bertz CT molecular complexity index is 366. The summed E-state index contributed by atoms with van der Waals surface area (Å²) in [5, 5.41) is 13.0. The van der Waals surface area contributed by atoms with Crippen molar-refractivity contribution in [2.45, 2.75) is 103 Å². The van der Waals surface area contributed by atoms with Gasteiger partial charge in [0.25, 0.3) is 0 Å². The van der Waals surface area contributed by atoms with Gasteiger partial charge < -0.3 is 20.1 Å². The third-order valence-electron chi connectivity index (χ3n) is 4.14. The Labute approximate surface area is 141 Å². The third kappa shape index (κ3) is 8.02. The number of likely N-dealkylation sites (tertiary alicyclic amines) is 1. The highest BCUT2D eigenvalue weighted by molar-refractivity contribution is 5.68. The van der Waals surface area contributed by atoms with Crippen molar-refractivity contribution < 1.29 is 14.6 Å². The minimum absolute atomic E-state index is 0.188. The molecule has 0 aliphatic carbocycles. The highest BCUT2D eigenvalue weighted by Gasteiger charge is 2.31. The Hall–Kier alpha value is -0.810. The predicted molar refractivity (Wildman–Crippen MR) is 93.6 cm³/mol. The number of carbonyl (C=O) groups excluding carboxylic acids is 1. The second-order valence-corrected chi connectivity index (χ2v) is 8.11. The van der Waals surface area contributed by atoms with Crippen molar-refractivity contribution >= 4 is 6.09 Å². The van der Waals surface area contributed by atoms with E-state index in [2.05, 4.69) is 19.2 Å². The molecule has 136 valence electrons. The molecule has 1 aliphatic rings. The molecule has 23 heavy (non-hydrogen) atoms. The van der Waals surface area contributed by atoms with Gasteiger partial charge in [-0.25, -0.2) is 4.79 Å². The molecule has 0 saturated carbocycles.